The summed E-state index contributed by atoms with van der Waals surface area (Å²) in [7, 11) is -1.75. The van der Waals surface area contributed by atoms with Crippen molar-refractivity contribution < 1.29 is 17.9 Å². The number of nitrogens with one attached hydrogen (secondary N) is 1. The molecule has 1 amide bonds. The van der Waals surface area contributed by atoms with Crippen LogP contribution in [-0.4, -0.2) is 49.4 Å². The summed E-state index contributed by atoms with van der Waals surface area (Å²) in [5.41, 5.74) is 0.703. The number of carbonyl (C=O) groups is 1. The van der Waals surface area contributed by atoms with Crippen molar-refractivity contribution >= 4 is 66.2 Å². The molecule has 130 valence electrons. The molecule has 1 aromatic carbocycles. The van der Waals surface area contributed by atoms with E-state index in [1.54, 1.807) is 12.1 Å². The van der Waals surface area contributed by atoms with E-state index in [1.807, 2.05) is 12.1 Å². The Morgan fingerprint density at radius 3 is 2.75 bits per heavy atom. The number of amides is 1. The van der Waals surface area contributed by atoms with Gasteiger partial charge in [0.05, 0.1) is 11.2 Å². The number of nitrogens with zero attached hydrogens (tertiary/aromatic N) is 1. The third-order valence-corrected chi connectivity index (χ3v) is 6.10. The van der Waals surface area contributed by atoms with Crippen LogP contribution in [0.15, 0.2) is 27.6 Å². The molecule has 0 atom stereocenters. The molecule has 1 aromatic rings. The van der Waals surface area contributed by atoms with Crippen LogP contribution in [0.5, 0.6) is 5.75 Å². The first-order valence-corrected chi connectivity index (χ1v) is 10.6. The van der Waals surface area contributed by atoms with Gasteiger partial charge in [-0.25, -0.2) is 12.7 Å². The van der Waals surface area contributed by atoms with Crippen molar-refractivity contribution in [3.63, 3.8) is 0 Å². The van der Waals surface area contributed by atoms with Gasteiger partial charge in [0, 0.05) is 23.6 Å². The Bertz CT molecular complexity index is 808. The molecule has 6 nitrogen and oxygen atoms in total. The maximum absolute atomic E-state index is 11.8. The lowest BCUT2D eigenvalue weighted by molar-refractivity contribution is -0.115. The van der Waals surface area contributed by atoms with Gasteiger partial charge in [-0.3, -0.25) is 4.79 Å². The smallest absolute Gasteiger partial charge is 0.263 e. The zero-order chi connectivity index (χ0) is 17.9. The number of rotatable bonds is 6. The van der Waals surface area contributed by atoms with E-state index in [4.69, 9.17) is 17.0 Å². The largest absolute Gasteiger partial charge is 0.492 e. The molecule has 0 unspecified atom stereocenters. The molecular weight excluding hydrogens is 436 g/mol. The van der Waals surface area contributed by atoms with Gasteiger partial charge >= 0.3 is 0 Å². The van der Waals surface area contributed by atoms with Crippen LogP contribution in [0.1, 0.15) is 5.56 Å². The van der Waals surface area contributed by atoms with E-state index in [0.29, 0.717) is 20.5 Å². The van der Waals surface area contributed by atoms with E-state index in [2.05, 4.69) is 21.2 Å². The zero-order valence-electron chi connectivity index (χ0n) is 12.9. The van der Waals surface area contributed by atoms with Gasteiger partial charge in [-0.15, -0.1) is 0 Å². The summed E-state index contributed by atoms with van der Waals surface area (Å²) in [4.78, 5) is 12.3. The maximum Gasteiger partial charge on any atom is 0.263 e. The number of halogens is 1. The normalized spacial score (nSPS) is 16.8. The molecule has 0 aliphatic carbocycles. The highest BCUT2D eigenvalue weighted by Gasteiger charge is 2.22. The maximum atomic E-state index is 11.8. The van der Waals surface area contributed by atoms with E-state index < -0.39 is 10.0 Å². The van der Waals surface area contributed by atoms with Crippen LogP contribution in [0, 0.1) is 0 Å². The number of hydrogen-bond donors (Lipinski definition) is 1. The average Bonchev–Trinajstić information content (AvgIpc) is 2.78. The van der Waals surface area contributed by atoms with Crippen molar-refractivity contribution in [2.24, 2.45) is 0 Å². The second-order valence-corrected chi connectivity index (χ2v) is 9.69. The van der Waals surface area contributed by atoms with Gasteiger partial charge < -0.3 is 10.1 Å². The van der Waals surface area contributed by atoms with Crippen LogP contribution in [0.4, 0.5) is 0 Å². The minimum atomic E-state index is -3.24. The molecule has 1 aliphatic rings. The summed E-state index contributed by atoms with van der Waals surface area (Å²) in [5.74, 6) is 0.312. The zero-order valence-corrected chi connectivity index (χ0v) is 16.9. The predicted molar refractivity (Wildman–Crippen MR) is 103 cm³/mol. The fraction of sp³-hybridized carbons (Fsp3) is 0.286. The summed E-state index contributed by atoms with van der Waals surface area (Å²) in [6, 6.07) is 5.38. The predicted octanol–water partition coefficient (Wildman–Crippen LogP) is 2.21. The summed E-state index contributed by atoms with van der Waals surface area (Å²) in [5, 5.41) is 2.56. The Balaban J connectivity index is 2.15. The van der Waals surface area contributed by atoms with Gasteiger partial charge in [0.2, 0.25) is 10.0 Å². The van der Waals surface area contributed by atoms with Crippen molar-refractivity contribution in [1.29, 1.82) is 0 Å². The third-order valence-electron chi connectivity index (χ3n) is 3.13. The number of hydrogen-bond acceptors (Lipinski definition) is 6. The Labute approximate surface area is 158 Å². The second-order valence-electron chi connectivity index (χ2n) is 4.97. The van der Waals surface area contributed by atoms with Crippen molar-refractivity contribution in [2.45, 2.75) is 0 Å². The molecule has 1 N–H and O–H groups in total. The molecule has 24 heavy (non-hydrogen) atoms. The molecule has 1 fully saturated rings. The molecule has 1 saturated heterocycles. The van der Waals surface area contributed by atoms with Gasteiger partial charge in [0.25, 0.3) is 5.91 Å². The summed E-state index contributed by atoms with van der Waals surface area (Å²) >= 11 is 9.54. The average molecular weight is 451 g/mol. The Hall–Kier alpha value is -0.940. The minimum Gasteiger partial charge on any atom is -0.492 e. The Morgan fingerprint density at radius 1 is 1.46 bits per heavy atom. The van der Waals surface area contributed by atoms with E-state index in [0.717, 1.165) is 10.7 Å². The minimum absolute atomic E-state index is 0.194. The molecule has 0 bridgehead atoms. The standard InChI is InChI=1S/C14H15BrN2O4S3/c1-17(24(2,19)20)5-6-21-11-4-3-10(15)7-9(11)8-12-13(18)16-14(22)23-12/h3-4,7-8H,5-6H2,1-2H3,(H,16,18,22). The lowest BCUT2D eigenvalue weighted by Gasteiger charge is -2.15. The fourth-order valence-electron chi connectivity index (χ4n) is 1.78. The van der Waals surface area contributed by atoms with Gasteiger partial charge in [-0.1, -0.05) is 39.9 Å². The van der Waals surface area contributed by atoms with Crippen molar-refractivity contribution in [3.05, 3.63) is 33.1 Å². The van der Waals surface area contributed by atoms with Crippen LogP contribution < -0.4 is 10.1 Å². The number of ether oxygens (including phenoxy) is 1. The van der Waals surface area contributed by atoms with E-state index in [1.165, 1.54) is 23.1 Å². The first kappa shape index (κ1) is 19.4. The summed E-state index contributed by atoms with van der Waals surface area (Å²) < 4.78 is 30.9. The molecule has 2 rings (SSSR count). The number of thiocarbonyl (C=S) groups is 1. The van der Waals surface area contributed by atoms with Crippen LogP contribution in [0.3, 0.4) is 0 Å². The fourth-order valence-corrected chi connectivity index (χ4v) is 3.60. The van der Waals surface area contributed by atoms with E-state index in [-0.39, 0.29) is 19.1 Å². The molecule has 1 aliphatic heterocycles. The topological polar surface area (TPSA) is 75.7 Å². The highest BCUT2D eigenvalue weighted by molar-refractivity contribution is 9.10. The first-order valence-electron chi connectivity index (χ1n) is 6.75. The molecule has 1 heterocycles. The number of benzene rings is 1. The lowest BCUT2D eigenvalue weighted by atomic mass is 10.2. The van der Waals surface area contributed by atoms with Gasteiger partial charge in [-0.05, 0) is 24.3 Å². The van der Waals surface area contributed by atoms with Crippen molar-refractivity contribution in [1.82, 2.24) is 9.62 Å². The third kappa shape index (κ3) is 5.28. The van der Waals surface area contributed by atoms with E-state index in [9.17, 15) is 13.2 Å². The molecule has 10 heteroatoms. The number of thioether (sulfide) groups is 1. The lowest BCUT2D eigenvalue weighted by Crippen LogP contribution is -2.29. The SMILES string of the molecule is CN(CCOc1ccc(Br)cc1C=C1SC(=S)NC1=O)S(C)(=O)=O. The monoisotopic (exact) mass is 450 g/mol. The summed E-state index contributed by atoms with van der Waals surface area (Å²) in [6.07, 6.45) is 2.83. The highest BCUT2D eigenvalue weighted by Crippen LogP contribution is 2.31. The Kier molecular flexibility index (Phi) is 6.43. The molecule has 0 radical (unpaired) electrons. The summed E-state index contributed by atoms with van der Waals surface area (Å²) in [6.45, 7) is 0.420. The first-order chi connectivity index (χ1) is 11.2. The van der Waals surface area contributed by atoms with Gasteiger partial charge in [0.1, 0.15) is 16.7 Å². The van der Waals surface area contributed by atoms with Crippen LogP contribution in [0.25, 0.3) is 6.08 Å². The van der Waals surface area contributed by atoms with Gasteiger partial charge in [-0.2, -0.15) is 0 Å². The van der Waals surface area contributed by atoms with Gasteiger partial charge in [0.15, 0.2) is 0 Å². The van der Waals surface area contributed by atoms with Crippen molar-refractivity contribution in [3.8, 4) is 5.75 Å². The Morgan fingerprint density at radius 2 is 2.17 bits per heavy atom. The van der Waals surface area contributed by atoms with E-state index >= 15 is 0 Å². The number of likely N-dealkylation sites (N-methyl/N-ethyl adjacent to an activating group) is 1. The number of carbonyl (C=O) groups excluding carboxylic acids is 1. The molecular formula is C14H15BrN2O4S3. The van der Waals surface area contributed by atoms with Crippen LogP contribution in [-0.2, 0) is 14.8 Å². The highest BCUT2D eigenvalue weighted by atomic mass is 79.9. The number of sulfonamides is 1. The molecule has 0 spiro atoms. The van der Waals surface area contributed by atoms with Crippen LogP contribution >= 0.6 is 39.9 Å². The second kappa shape index (κ2) is 7.96. The van der Waals surface area contributed by atoms with Crippen molar-refractivity contribution in [2.75, 3.05) is 26.5 Å². The molecule has 0 saturated carbocycles. The quantitative estimate of drug-likeness (QED) is 0.528. The van der Waals surface area contributed by atoms with Crippen LogP contribution in [0.2, 0.25) is 0 Å². The molecule has 0 aromatic heterocycles.